The Morgan fingerprint density at radius 2 is 1.86 bits per heavy atom. The minimum Gasteiger partial charge on any atom is -0.468 e. The Kier molecular flexibility index (Phi) is 5.80. The molecule has 0 aliphatic rings. The summed E-state index contributed by atoms with van der Waals surface area (Å²) in [4.78, 5) is 40.7. The number of nitrogens with one attached hydrogen (secondary N) is 2. The fourth-order valence-electron chi connectivity index (χ4n) is 3.02. The SMILES string of the molecule is CCC(C(=O)Nc1c(C(=O)c2ccccc2)[nH]c2cc(Cl)ccc12)C(=O)OC. The molecule has 0 saturated heterocycles. The monoisotopic (exact) mass is 398 g/mol. The minimum absolute atomic E-state index is 0.219. The van der Waals surface area contributed by atoms with Gasteiger partial charge in [0.1, 0.15) is 11.6 Å². The van der Waals surface area contributed by atoms with E-state index in [-0.39, 0.29) is 17.9 Å². The molecule has 6 nitrogen and oxygen atoms in total. The van der Waals surface area contributed by atoms with Crippen molar-refractivity contribution in [2.75, 3.05) is 12.4 Å². The summed E-state index contributed by atoms with van der Waals surface area (Å²) in [5.74, 6) is -2.41. The normalized spacial score (nSPS) is 11.8. The number of halogens is 1. The molecule has 1 atom stereocenters. The number of methoxy groups -OCH3 is 1. The molecule has 1 unspecified atom stereocenters. The molecule has 0 spiro atoms. The summed E-state index contributed by atoms with van der Waals surface area (Å²) < 4.78 is 4.70. The maximum absolute atomic E-state index is 13.0. The van der Waals surface area contributed by atoms with Crippen molar-refractivity contribution >= 4 is 45.9 Å². The topological polar surface area (TPSA) is 88.3 Å². The van der Waals surface area contributed by atoms with E-state index in [1.165, 1.54) is 7.11 Å². The number of aromatic amines is 1. The van der Waals surface area contributed by atoms with Gasteiger partial charge in [0.2, 0.25) is 11.7 Å². The molecule has 0 bridgehead atoms. The summed E-state index contributed by atoms with van der Waals surface area (Å²) in [7, 11) is 1.23. The minimum atomic E-state index is -0.970. The molecule has 2 aromatic carbocycles. The van der Waals surface area contributed by atoms with Crippen LogP contribution < -0.4 is 5.32 Å². The molecular formula is C21H19ClN2O4. The first kappa shape index (κ1) is 19.6. The van der Waals surface area contributed by atoms with Gasteiger partial charge < -0.3 is 15.0 Å². The van der Waals surface area contributed by atoms with Crippen LogP contribution in [0.3, 0.4) is 0 Å². The molecular weight excluding hydrogens is 380 g/mol. The van der Waals surface area contributed by atoms with Gasteiger partial charge in [0.05, 0.1) is 12.8 Å². The number of ketones is 1. The van der Waals surface area contributed by atoms with Crippen LogP contribution in [0.25, 0.3) is 10.9 Å². The lowest BCUT2D eigenvalue weighted by Gasteiger charge is -2.13. The summed E-state index contributed by atoms with van der Waals surface area (Å²) in [6, 6.07) is 13.8. The highest BCUT2D eigenvalue weighted by Crippen LogP contribution is 2.32. The number of aromatic nitrogens is 1. The maximum Gasteiger partial charge on any atom is 0.318 e. The molecule has 1 amide bonds. The molecule has 1 aromatic heterocycles. The number of hydrogen-bond acceptors (Lipinski definition) is 4. The van der Waals surface area contributed by atoms with Gasteiger partial charge in [-0.05, 0) is 24.6 Å². The zero-order chi connectivity index (χ0) is 20.3. The molecule has 28 heavy (non-hydrogen) atoms. The molecule has 0 fully saturated rings. The number of carbonyl (C=O) groups is 3. The van der Waals surface area contributed by atoms with Crippen LogP contribution in [0.5, 0.6) is 0 Å². The van der Waals surface area contributed by atoms with Crippen molar-refractivity contribution in [3.05, 3.63) is 64.8 Å². The Morgan fingerprint density at radius 3 is 2.50 bits per heavy atom. The van der Waals surface area contributed by atoms with Crippen LogP contribution in [-0.4, -0.2) is 29.8 Å². The number of carbonyl (C=O) groups excluding carboxylic acids is 3. The van der Waals surface area contributed by atoms with E-state index in [1.54, 1.807) is 49.4 Å². The number of fused-ring (bicyclic) bond motifs is 1. The Hall–Kier alpha value is -3.12. The Bertz CT molecular complexity index is 1040. The summed E-state index contributed by atoms with van der Waals surface area (Å²) in [6.45, 7) is 1.71. The summed E-state index contributed by atoms with van der Waals surface area (Å²) in [5, 5.41) is 3.85. The second-order valence-electron chi connectivity index (χ2n) is 6.23. The predicted octanol–water partition coefficient (Wildman–Crippen LogP) is 4.19. The third-order valence-corrected chi connectivity index (χ3v) is 4.72. The predicted molar refractivity (Wildman–Crippen MR) is 108 cm³/mol. The van der Waals surface area contributed by atoms with E-state index in [0.717, 1.165) is 0 Å². The number of hydrogen-bond donors (Lipinski definition) is 2. The third kappa shape index (κ3) is 3.77. The highest BCUT2D eigenvalue weighted by molar-refractivity contribution is 6.31. The van der Waals surface area contributed by atoms with Crippen molar-refractivity contribution in [1.29, 1.82) is 0 Å². The molecule has 3 rings (SSSR count). The van der Waals surface area contributed by atoms with Gasteiger partial charge in [0, 0.05) is 21.5 Å². The lowest BCUT2D eigenvalue weighted by molar-refractivity contribution is -0.148. The summed E-state index contributed by atoms with van der Waals surface area (Å²) in [6.07, 6.45) is 0.272. The Labute approximate surface area is 166 Å². The van der Waals surface area contributed by atoms with Crippen molar-refractivity contribution < 1.29 is 19.1 Å². The van der Waals surface area contributed by atoms with Crippen molar-refractivity contribution in [1.82, 2.24) is 4.98 Å². The van der Waals surface area contributed by atoms with Gasteiger partial charge in [-0.15, -0.1) is 0 Å². The van der Waals surface area contributed by atoms with Crippen LogP contribution in [0.1, 0.15) is 29.4 Å². The molecule has 144 valence electrons. The van der Waals surface area contributed by atoms with Gasteiger partial charge in [-0.1, -0.05) is 48.9 Å². The van der Waals surface area contributed by atoms with E-state index < -0.39 is 17.8 Å². The molecule has 1 heterocycles. The van der Waals surface area contributed by atoms with Gasteiger partial charge >= 0.3 is 5.97 Å². The third-order valence-electron chi connectivity index (χ3n) is 4.48. The first-order chi connectivity index (χ1) is 13.5. The zero-order valence-electron chi connectivity index (χ0n) is 15.4. The van der Waals surface area contributed by atoms with Crippen LogP contribution in [0, 0.1) is 5.92 Å². The molecule has 7 heteroatoms. The fourth-order valence-corrected chi connectivity index (χ4v) is 3.19. The number of H-pyrrole nitrogens is 1. The maximum atomic E-state index is 13.0. The number of ether oxygens (including phenoxy) is 1. The highest BCUT2D eigenvalue weighted by atomic mass is 35.5. The number of anilines is 1. The Balaban J connectivity index is 2.08. The quantitative estimate of drug-likeness (QED) is 0.370. The van der Waals surface area contributed by atoms with Crippen LogP contribution in [0.2, 0.25) is 5.02 Å². The summed E-state index contributed by atoms with van der Waals surface area (Å²) in [5.41, 5.74) is 1.60. The van der Waals surface area contributed by atoms with Crippen molar-refractivity contribution in [3.63, 3.8) is 0 Å². The number of esters is 1. The second-order valence-corrected chi connectivity index (χ2v) is 6.67. The number of benzene rings is 2. The fraction of sp³-hybridized carbons (Fsp3) is 0.190. The number of amides is 1. The second kappa shape index (κ2) is 8.27. The summed E-state index contributed by atoms with van der Waals surface area (Å²) >= 11 is 6.06. The molecule has 0 radical (unpaired) electrons. The molecule has 2 N–H and O–H groups in total. The Morgan fingerprint density at radius 1 is 1.14 bits per heavy atom. The van der Waals surface area contributed by atoms with Gasteiger partial charge in [0.25, 0.3) is 0 Å². The molecule has 0 saturated carbocycles. The average Bonchev–Trinajstić information content (AvgIpc) is 3.05. The number of rotatable bonds is 6. The van der Waals surface area contributed by atoms with E-state index in [4.69, 9.17) is 16.3 Å². The van der Waals surface area contributed by atoms with E-state index in [0.29, 0.717) is 27.2 Å². The van der Waals surface area contributed by atoms with E-state index in [2.05, 4.69) is 10.3 Å². The first-order valence-electron chi connectivity index (χ1n) is 8.76. The van der Waals surface area contributed by atoms with Gasteiger partial charge in [0.15, 0.2) is 0 Å². The highest BCUT2D eigenvalue weighted by Gasteiger charge is 2.28. The molecule has 0 aliphatic heterocycles. The van der Waals surface area contributed by atoms with Gasteiger partial charge in [-0.2, -0.15) is 0 Å². The van der Waals surface area contributed by atoms with E-state index in [9.17, 15) is 14.4 Å². The van der Waals surface area contributed by atoms with Crippen molar-refractivity contribution in [2.45, 2.75) is 13.3 Å². The van der Waals surface area contributed by atoms with Crippen LogP contribution >= 0.6 is 11.6 Å². The smallest absolute Gasteiger partial charge is 0.318 e. The lowest BCUT2D eigenvalue weighted by atomic mass is 10.0. The van der Waals surface area contributed by atoms with Crippen LogP contribution in [-0.2, 0) is 14.3 Å². The van der Waals surface area contributed by atoms with Crippen molar-refractivity contribution in [2.24, 2.45) is 5.92 Å². The first-order valence-corrected chi connectivity index (χ1v) is 9.13. The van der Waals surface area contributed by atoms with E-state index >= 15 is 0 Å². The van der Waals surface area contributed by atoms with Crippen LogP contribution in [0.15, 0.2) is 48.5 Å². The van der Waals surface area contributed by atoms with Crippen LogP contribution in [0.4, 0.5) is 5.69 Å². The van der Waals surface area contributed by atoms with Gasteiger partial charge in [-0.25, -0.2) is 0 Å². The van der Waals surface area contributed by atoms with E-state index in [1.807, 2.05) is 6.07 Å². The molecule has 0 aliphatic carbocycles. The van der Waals surface area contributed by atoms with Crippen molar-refractivity contribution in [3.8, 4) is 0 Å². The average molecular weight is 399 g/mol. The van der Waals surface area contributed by atoms with Gasteiger partial charge in [-0.3, -0.25) is 14.4 Å². The standard InChI is InChI=1S/C21H19ClN2O4/c1-3-14(21(27)28-2)20(26)24-17-15-10-9-13(22)11-16(15)23-18(17)19(25)12-7-5-4-6-8-12/h4-11,14,23H,3H2,1-2H3,(H,24,26). The lowest BCUT2D eigenvalue weighted by Crippen LogP contribution is -2.30. The zero-order valence-corrected chi connectivity index (χ0v) is 16.2. The largest absolute Gasteiger partial charge is 0.468 e. The molecule has 3 aromatic rings.